The summed E-state index contributed by atoms with van der Waals surface area (Å²) in [6, 6.07) is 4.24. The quantitative estimate of drug-likeness (QED) is 0.804. The van der Waals surface area contributed by atoms with Crippen molar-refractivity contribution in [1.82, 2.24) is 10.3 Å². The Kier molecular flexibility index (Phi) is 5.02. The van der Waals surface area contributed by atoms with E-state index in [2.05, 4.69) is 22.0 Å². The first-order valence-electron chi connectivity index (χ1n) is 7.20. The van der Waals surface area contributed by atoms with Crippen molar-refractivity contribution < 1.29 is 9.53 Å². The first-order chi connectivity index (χ1) is 9.20. The number of carbonyl (C=O) groups excluding carboxylic acids is 1. The van der Waals surface area contributed by atoms with Crippen LogP contribution in [-0.2, 0) is 11.3 Å². The minimum Gasteiger partial charge on any atom is -0.464 e. The molecule has 1 saturated carbocycles. The molecule has 0 unspecified atom stereocenters. The van der Waals surface area contributed by atoms with Gasteiger partial charge in [0, 0.05) is 18.3 Å². The van der Waals surface area contributed by atoms with Gasteiger partial charge in [-0.3, -0.25) is 0 Å². The van der Waals surface area contributed by atoms with Crippen molar-refractivity contribution >= 4 is 5.97 Å². The Bertz CT molecular complexity index is 408. The molecule has 0 amide bonds. The predicted molar refractivity (Wildman–Crippen MR) is 75.0 cm³/mol. The Morgan fingerprint density at radius 1 is 1.42 bits per heavy atom. The van der Waals surface area contributed by atoms with Crippen LogP contribution >= 0.6 is 0 Å². The minimum atomic E-state index is -0.313. The largest absolute Gasteiger partial charge is 0.464 e. The number of rotatable bonds is 5. The van der Waals surface area contributed by atoms with Crippen LogP contribution < -0.4 is 5.32 Å². The van der Waals surface area contributed by atoms with Crippen molar-refractivity contribution in [3.8, 4) is 0 Å². The molecule has 1 aromatic heterocycles. The Morgan fingerprint density at radius 3 is 2.84 bits per heavy atom. The lowest BCUT2D eigenvalue weighted by molar-refractivity contribution is 0.0594. The molecule has 1 heterocycles. The first-order valence-corrected chi connectivity index (χ1v) is 7.20. The summed E-state index contributed by atoms with van der Waals surface area (Å²) >= 11 is 0. The van der Waals surface area contributed by atoms with E-state index in [0.717, 1.165) is 18.2 Å². The number of esters is 1. The summed E-state index contributed by atoms with van der Waals surface area (Å²) in [7, 11) is 1.40. The summed E-state index contributed by atoms with van der Waals surface area (Å²) in [4.78, 5) is 14.4. The number of aromatic amines is 1. The molecule has 1 aliphatic rings. The van der Waals surface area contributed by atoms with Gasteiger partial charge in [-0.2, -0.15) is 0 Å². The maximum Gasteiger partial charge on any atom is 0.354 e. The summed E-state index contributed by atoms with van der Waals surface area (Å²) in [5, 5.41) is 3.56. The van der Waals surface area contributed by atoms with E-state index in [1.807, 2.05) is 6.07 Å². The SMILES string of the molecule is COC(=O)c1ccc(CN[C@@H](C)C2CCCCC2)[nH]1. The van der Waals surface area contributed by atoms with Gasteiger partial charge in [0.25, 0.3) is 0 Å². The smallest absolute Gasteiger partial charge is 0.354 e. The fraction of sp³-hybridized carbons (Fsp3) is 0.667. The Labute approximate surface area is 114 Å². The first kappa shape index (κ1) is 14.1. The standard InChI is InChI=1S/C15H24N2O2/c1-11(12-6-4-3-5-7-12)16-10-13-8-9-14(17-13)15(18)19-2/h8-9,11-12,16-17H,3-7,10H2,1-2H3/t11-/m0/s1. The van der Waals surface area contributed by atoms with Crippen LogP contribution in [0.15, 0.2) is 12.1 Å². The zero-order valence-electron chi connectivity index (χ0n) is 11.9. The number of H-pyrrole nitrogens is 1. The van der Waals surface area contributed by atoms with Gasteiger partial charge in [0.1, 0.15) is 5.69 Å². The fourth-order valence-corrected chi connectivity index (χ4v) is 2.84. The molecule has 0 aliphatic heterocycles. The molecule has 2 rings (SSSR count). The number of nitrogens with one attached hydrogen (secondary N) is 2. The molecular formula is C15H24N2O2. The van der Waals surface area contributed by atoms with Crippen LogP contribution in [0.25, 0.3) is 0 Å². The van der Waals surface area contributed by atoms with E-state index in [4.69, 9.17) is 0 Å². The van der Waals surface area contributed by atoms with E-state index in [-0.39, 0.29) is 5.97 Å². The molecule has 1 fully saturated rings. The van der Waals surface area contributed by atoms with Gasteiger partial charge in [-0.1, -0.05) is 19.3 Å². The molecule has 1 aliphatic carbocycles. The van der Waals surface area contributed by atoms with Crippen LogP contribution in [0.1, 0.15) is 55.2 Å². The lowest BCUT2D eigenvalue weighted by atomic mass is 9.84. The second kappa shape index (κ2) is 6.75. The molecule has 0 bridgehead atoms. The number of ether oxygens (including phenoxy) is 1. The Hall–Kier alpha value is -1.29. The van der Waals surface area contributed by atoms with Crippen molar-refractivity contribution in [3.05, 3.63) is 23.5 Å². The molecule has 106 valence electrons. The van der Waals surface area contributed by atoms with Gasteiger partial charge in [-0.05, 0) is 37.8 Å². The molecule has 19 heavy (non-hydrogen) atoms. The van der Waals surface area contributed by atoms with E-state index in [9.17, 15) is 4.79 Å². The second-order valence-corrected chi connectivity index (χ2v) is 5.46. The number of aromatic nitrogens is 1. The maximum atomic E-state index is 11.3. The van der Waals surface area contributed by atoms with Gasteiger partial charge in [-0.25, -0.2) is 4.79 Å². The Morgan fingerprint density at radius 2 is 2.16 bits per heavy atom. The van der Waals surface area contributed by atoms with Gasteiger partial charge in [-0.15, -0.1) is 0 Å². The van der Waals surface area contributed by atoms with Crippen LogP contribution in [0.3, 0.4) is 0 Å². The highest BCUT2D eigenvalue weighted by Crippen LogP contribution is 2.26. The molecule has 1 atom stereocenters. The molecule has 0 radical (unpaired) electrons. The summed E-state index contributed by atoms with van der Waals surface area (Å²) in [6.07, 6.45) is 6.80. The maximum absolute atomic E-state index is 11.3. The third-order valence-corrected chi connectivity index (χ3v) is 4.12. The van der Waals surface area contributed by atoms with E-state index >= 15 is 0 Å². The monoisotopic (exact) mass is 264 g/mol. The van der Waals surface area contributed by atoms with Crippen LogP contribution in [0.2, 0.25) is 0 Å². The van der Waals surface area contributed by atoms with E-state index < -0.39 is 0 Å². The zero-order chi connectivity index (χ0) is 13.7. The van der Waals surface area contributed by atoms with Crippen LogP contribution in [0.5, 0.6) is 0 Å². The Balaban J connectivity index is 1.81. The van der Waals surface area contributed by atoms with Crippen LogP contribution in [-0.4, -0.2) is 24.1 Å². The fourth-order valence-electron chi connectivity index (χ4n) is 2.84. The highest BCUT2D eigenvalue weighted by molar-refractivity contribution is 5.87. The number of hydrogen-bond donors (Lipinski definition) is 2. The van der Waals surface area contributed by atoms with E-state index in [1.165, 1.54) is 39.2 Å². The van der Waals surface area contributed by atoms with Gasteiger partial charge < -0.3 is 15.0 Å². The second-order valence-electron chi connectivity index (χ2n) is 5.46. The molecule has 4 nitrogen and oxygen atoms in total. The van der Waals surface area contributed by atoms with Crippen molar-refractivity contribution in [2.24, 2.45) is 5.92 Å². The molecule has 2 N–H and O–H groups in total. The topological polar surface area (TPSA) is 54.1 Å². The van der Waals surface area contributed by atoms with Gasteiger partial charge >= 0.3 is 5.97 Å². The van der Waals surface area contributed by atoms with Gasteiger partial charge in [0.2, 0.25) is 0 Å². The van der Waals surface area contributed by atoms with E-state index in [1.54, 1.807) is 6.07 Å². The summed E-state index contributed by atoms with van der Waals surface area (Å²) in [6.45, 7) is 3.04. The third kappa shape index (κ3) is 3.83. The minimum absolute atomic E-state index is 0.313. The zero-order valence-corrected chi connectivity index (χ0v) is 11.9. The normalized spacial score (nSPS) is 18.2. The predicted octanol–water partition coefficient (Wildman–Crippen LogP) is 2.86. The van der Waals surface area contributed by atoms with Crippen molar-refractivity contribution in [3.63, 3.8) is 0 Å². The van der Waals surface area contributed by atoms with Gasteiger partial charge in [0.15, 0.2) is 0 Å². The molecular weight excluding hydrogens is 240 g/mol. The van der Waals surface area contributed by atoms with Gasteiger partial charge in [0.05, 0.1) is 7.11 Å². The number of hydrogen-bond acceptors (Lipinski definition) is 3. The highest BCUT2D eigenvalue weighted by Gasteiger charge is 2.19. The summed E-state index contributed by atoms with van der Waals surface area (Å²) in [5.74, 6) is 0.482. The lowest BCUT2D eigenvalue weighted by Crippen LogP contribution is -2.34. The van der Waals surface area contributed by atoms with Crippen molar-refractivity contribution in [1.29, 1.82) is 0 Å². The van der Waals surface area contributed by atoms with E-state index in [0.29, 0.717) is 11.7 Å². The molecule has 1 aromatic rings. The van der Waals surface area contributed by atoms with Crippen LogP contribution in [0.4, 0.5) is 0 Å². The highest BCUT2D eigenvalue weighted by atomic mass is 16.5. The van der Waals surface area contributed by atoms with Crippen molar-refractivity contribution in [2.75, 3.05) is 7.11 Å². The van der Waals surface area contributed by atoms with Crippen LogP contribution in [0, 0.1) is 5.92 Å². The number of methoxy groups -OCH3 is 1. The summed E-state index contributed by atoms with van der Waals surface area (Å²) in [5.41, 5.74) is 1.55. The number of carbonyl (C=O) groups is 1. The van der Waals surface area contributed by atoms with Crippen molar-refractivity contribution in [2.45, 2.75) is 51.6 Å². The summed E-state index contributed by atoms with van der Waals surface area (Å²) < 4.78 is 4.68. The lowest BCUT2D eigenvalue weighted by Gasteiger charge is -2.28. The average Bonchev–Trinajstić information content (AvgIpc) is 2.93. The third-order valence-electron chi connectivity index (χ3n) is 4.12. The molecule has 0 aromatic carbocycles. The molecule has 4 heteroatoms. The molecule has 0 saturated heterocycles. The average molecular weight is 264 g/mol. The molecule has 0 spiro atoms.